The molecule has 8 heteroatoms. The number of thiophene rings is 1. The summed E-state index contributed by atoms with van der Waals surface area (Å²) in [6.07, 6.45) is 1.17. The molecule has 2 aromatic rings. The van der Waals surface area contributed by atoms with Gasteiger partial charge >= 0.3 is 0 Å². The van der Waals surface area contributed by atoms with E-state index in [2.05, 4.69) is 63.1 Å². The number of guanidine groups is 1. The van der Waals surface area contributed by atoms with Crippen LogP contribution in [0.15, 0.2) is 21.8 Å². The van der Waals surface area contributed by atoms with Gasteiger partial charge in [0, 0.05) is 43.0 Å². The minimum Gasteiger partial charge on any atom is -0.355 e. The van der Waals surface area contributed by atoms with Crippen LogP contribution in [0.3, 0.4) is 0 Å². The Morgan fingerprint density at radius 3 is 2.81 bits per heavy atom. The van der Waals surface area contributed by atoms with Crippen LogP contribution in [-0.2, 0) is 19.5 Å². The van der Waals surface area contributed by atoms with E-state index in [9.17, 15) is 0 Å². The van der Waals surface area contributed by atoms with Crippen LogP contribution in [0, 0.1) is 0 Å². The molecule has 0 fully saturated rings. The molecule has 1 aliphatic heterocycles. The smallest absolute Gasteiger partial charge is 0.191 e. The van der Waals surface area contributed by atoms with Crippen molar-refractivity contribution in [2.75, 3.05) is 20.1 Å². The van der Waals surface area contributed by atoms with E-state index < -0.39 is 0 Å². The average Bonchev–Trinajstić information content (AvgIpc) is 3.30. The Kier molecular flexibility index (Phi) is 8.97. The van der Waals surface area contributed by atoms with Crippen molar-refractivity contribution in [3.8, 4) is 0 Å². The molecule has 0 radical (unpaired) electrons. The van der Waals surface area contributed by atoms with Gasteiger partial charge in [0.2, 0.25) is 0 Å². The van der Waals surface area contributed by atoms with Crippen LogP contribution in [0.25, 0.3) is 0 Å². The fraction of sp³-hybridized carbons (Fsp3) is 0.579. The minimum absolute atomic E-state index is 0. The van der Waals surface area contributed by atoms with E-state index in [4.69, 9.17) is 0 Å². The van der Waals surface area contributed by atoms with Crippen LogP contribution in [0.1, 0.15) is 47.8 Å². The van der Waals surface area contributed by atoms with Crippen molar-refractivity contribution in [3.63, 3.8) is 0 Å². The van der Waals surface area contributed by atoms with Crippen molar-refractivity contribution in [2.24, 2.45) is 4.99 Å². The van der Waals surface area contributed by atoms with Gasteiger partial charge in [0.25, 0.3) is 0 Å². The monoisotopic (exact) mass is 519 g/mol. The highest BCUT2D eigenvalue weighted by Crippen LogP contribution is 2.25. The zero-order chi connectivity index (χ0) is 18.5. The maximum Gasteiger partial charge on any atom is 0.191 e. The summed E-state index contributed by atoms with van der Waals surface area (Å²) in [5.74, 6) is 1.32. The van der Waals surface area contributed by atoms with Crippen molar-refractivity contribution in [1.82, 2.24) is 20.5 Å². The van der Waals surface area contributed by atoms with Crippen LogP contribution < -0.4 is 10.6 Å². The van der Waals surface area contributed by atoms with Crippen molar-refractivity contribution in [2.45, 2.75) is 52.2 Å². The van der Waals surface area contributed by atoms with Gasteiger partial charge in [-0.15, -0.1) is 46.7 Å². The number of aromatic nitrogens is 1. The van der Waals surface area contributed by atoms with E-state index in [0.717, 1.165) is 30.6 Å². The second-order valence-corrected chi connectivity index (χ2v) is 9.01. The molecule has 0 spiro atoms. The molecule has 1 unspecified atom stereocenters. The Balaban J connectivity index is 0.00000261. The third-order valence-electron chi connectivity index (χ3n) is 4.82. The molecule has 5 nitrogen and oxygen atoms in total. The van der Waals surface area contributed by atoms with Crippen LogP contribution in [0.2, 0.25) is 0 Å². The number of thiazole rings is 1. The van der Waals surface area contributed by atoms with Crippen molar-refractivity contribution < 1.29 is 0 Å². The molecule has 0 saturated carbocycles. The maximum atomic E-state index is 4.67. The topological polar surface area (TPSA) is 52.6 Å². The molecule has 2 N–H and O–H groups in total. The third-order valence-corrected chi connectivity index (χ3v) is 6.71. The molecule has 0 amide bonds. The second-order valence-electron chi connectivity index (χ2n) is 7.07. The van der Waals surface area contributed by atoms with Gasteiger partial charge in [0.15, 0.2) is 5.96 Å². The first-order chi connectivity index (χ1) is 12.6. The lowest BCUT2D eigenvalue weighted by molar-refractivity contribution is 0.192. The SMILES string of the molecule is CN=C(NCc1nc(C(C)C)cs1)NCC(C)N1CCc2sccc2C1.I. The number of hydrogen-bond acceptors (Lipinski definition) is 5. The minimum atomic E-state index is 0. The first kappa shape index (κ1) is 22.6. The molecular formula is C19H30IN5S2. The molecule has 27 heavy (non-hydrogen) atoms. The lowest BCUT2D eigenvalue weighted by atomic mass is 10.1. The summed E-state index contributed by atoms with van der Waals surface area (Å²) in [6.45, 7) is 10.4. The number of aliphatic imine (C=N–C) groups is 1. The molecule has 0 aliphatic carbocycles. The Labute approximate surface area is 187 Å². The molecule has 1 atom stereocenters. The standard InChI is InChI=1S/C19H29N5S2.HI/c1-13(2)16-12-26-18(23-16)10-22-19(20-4)21-9-14(3)24-7-5-17-15(11-24)6-8-25-17;/h6,8,12-14H,5,7,9-11H2,1-4H3,(H2,20,21,22);1H. The van der Waals surface area contributed by atoms with Crippen LogP contribution in [-0.4, -0.2) is 42.0 Å². The van der Waals surface area contributed by atoms with Gasteiger partial charge in [0.05, 0.1) is 12.2 Å². The predicted octanol–water partition coefficient (Wildman–Crippen LogP) is 4.06. The summed E-state index contributed by atoms with van der Waals surface area (Å²) in [6, 6.07) is 2.74. The summed E-state index contributed by atoms with van der Waals surface area (Å²) in [7, 11) is 1.82. The molecule has 3 heterocycles. The molecule has 2 aromatic heterocycles. The van der Waals surface area contributed by atoms with Crippen molar-refractivity contribution in [3.05, 3.63) is 38.0 Å². The van der Waals surface area contributed by atoms with Gasteiger partial charge in [-0.25, -0.2) is 4.98 Å². The highest BCUT2D eigenvalue weighted by atomic mass is 127. The predicted molar refractivity (Wildman–Crippen MR) is 128 cm³/mol. The summed E-state index contributed by atoms with van der Waals surface area (Å²) in [4.78, 5) is 13.1. The summed E-state index contributed by atoms with van der Waals surface area (Å²) >= 11 is 3.60. The number of hydrogen-bond donors (Lipinski definition) is 2. The lowest BCUT2D eigenvalue weighted by Gasteiger charge is -2.32. The third kappa shape index (κ3) is 6.13. The van der Waals surface area contributed by atoms with Crippen LogP contribution >= 0.6 is 46.7 Å². The molecule has 0 saturated heterocycles. The van der Waals surface area contributed by atoms with Gasteiger partial charge in [-0.05, 0) is 36.3 Å². The molecule has 0 bridgehead atoms. The van der Waals surface area contributed by atoms with Gasteiger partial charge in [0.1, 0.15) is 5.01 Å². The zero-order valence-corrected chi connectivity index (χ0v) is 20.5. The van der Waals surface area contributed by atoms with Crippen LogP contribution in [0.4, 0.5) is 0 Å². The van der Waals surface area contributed by atoms with E-state index in [1.54, 1.807) is 16.2 Å². The molecular weight excluding hydrogens is 489 g/mol. The molecule has 150 valence electrons. The summed E-state index contributed by atoms with van der Waals surface area (Å²) in [5, 5.41) is 12.3. The van der Waals surface area contributed by atoms with E-state index in [0.29, 0.717) is 18.5 Å². The largest absolute Gasteiger partial charge is 0.355 e. The van der Waals surface area contributed by atoms with E-state index >= 15 is 0 Å². The summed E-state index contributed by atoms with van der Waals surface area (Å²) in [5.41, 5.74) is 2.67. The highest BCUT2D eigenvalue weighted by Gasteiger charge is 2.21. The Bertz CT molecular complexity index is 740. The zero-order valence-electron chi connectivity index (χ0n) is 16.5. The van der Waals surface area contributed by atoms with E-state index in [1.165, 1.54) is 17.7 Å². The maximum absolute atomic E-state index is 4.67. The number of fused-ring (bicyclic) bond motifs is 1. The number of rotatable bonds is 6. The van der Waals surface area contributed by atoms with Crippen molar-refractivity contribution >= 4 is 52.6 Å². The number of halogens is 1. The quantitative estimate of drug-likeness (QED) is 0.344. The lowest BCUT2D eigenvalue weighted by Crippen LogP contribution is -2.47. The van der Waals surface area contributed by atoms with Gasteiger partial charge in [-0.2, -0.15) is 0 Å². The average molecular weight is 520 g/mol. The van der Waals surface area contributed by atoms with Crippen molar-refractivity contribution in [1.29, 1.82) is 0 Å². The number of nitrogens with one attached hydrogen (secondary N) is 2. The van der Waals surface area contributed by atoms with Gasteiger partial charge in [-0.3, -0.25) is 9.89 Å². The molecule has 1 aliphatic rings. The second kappa shape index (κ2) is 10.7. The first-order valence-electron chi connectivity index (χ1n) is 9.25. The molecule has 0 aromatic carbocycles. The van der Waals surface area contributed by atoms with Gasteiger partial charge < -0.3 is 10.6 Å². The fourth-order valence-electron chi connectivity index (χ4n) is 3.07. The van der Waals surface area contributed by atoms with Gasteiger partial charge in [-0.1, -0.05) is 13.8 Å². The Hall–Kier alpha value is -0.710. The normalized spacial score (nSPS) is 16.0. The van der Waals surface area contributed by atoms with E-state index in [1.807, 2.05) is 18.4 Å². The Morgan fingerprint density at radius 1 is 1.30 bits per heavy atom. The molecule has 3 rings (SSSR count). The Morgan fingerprint density at radius 2 is 2.11 bits per heavy atom. The fourth-order valence-corrected chi connectivity index (χ4v) is 4.86. The highest BCUT2D eigenvalue weighted by molar-refractivity contribution is 14.0. The summed E-state index contributed by atoms with van der Waals surface area (Å²) < 4.78 is 0. The van der Waals surface area contributed by atoms with E-state index in [-0.39, 0.29) is 24.0 Å². The first-order valence-corrected chi connectivity index (χ1v) is 11.0. The van der Waals surface area contributed by atoms with Crippen LogP contribution in [0.5, 0.6) is 0 Å². The number of nitrogens with zero attached hydrogens (tertiary/aromatic N) is 3.